The monoisotopic (exact) mass is 352 g/mol. The third kappa shape index (κ3) is 10.7. The summed E-state index contributed by atoms with van der Waals surface area (Å²) in [5.74, 6) is 0. The summed E-state index contributed by atoms with van der Waals surface area (Å²) in [6.07, 6.45) is 13.3. The summed E-state index contributed by atoms with van der Waals surface area (Å²) in [4.78, 5) is 2.74. The van der Waals surface area contributed by atoms with Gasteiger partial charge in [-0.25, -0.2) is 0 Å². The number of aliphatic hydroxyl groups excluding tert-OH is 1. The fourth-order valence-electron chi connectivity index (χ4n) is 2.44. The molecule has 0 bridgehead atoms. The van der Waals surface area contributed by atoms with Gasteiger partial charge in [0.05, 0.1) is 0 Å². The second-order valence-corrected chi connectivity index (χ2v) is 7.76. The molecule has 3 heteroatoms. The number of hydrogen-bond acceptors (Lipinski definition) is 3. The Morgan fingerprint density at radius 2 is 1.13 bits per heavy atom. The minimum absolute atomic E-state index is 0.372. The molecule has 2 aromatic heterocycles. The maximum absolute atomic E-state index is 8.57. The minimum atomic E-state index is 0.372. The van der Waals surface area contributed by atoms with Gasteiger partial charge in [0.15, 0.2) is 0 Å². The summed E-state index contributed by atoms with van der Waals surface area (Å²) < 4.78 is 0. The van der Waals surface area contributed by atoms with Gasteiger partial charge in [0.2, 0.25) is 0 Å². The summed E-state index contributed by atoms with van der Waals surface area (Å²) in [7, 11) is 0. The van der Waals surface area contributed by atoms with Crippen LogP contribution in [0.15, 0.2) is 35.0 Å². The summed E-state index contributed by atoms with van der Waals surface area (Å²) >= 11 is 3.58. The lowest BCUT2D eigenvalue weighted by molar-refractivity contribution is 0.282. The highest BCUT2D eigenvalue weighted by Crippen LogP contribution is 2.28. The Balaban J connectivity index is 0.000000235. The topological polar surface area (TPSA) is 20.2 Å². The van der Waals surface area contributed by atoms with E-state index in [2.05, 4.69) is 41.9 Å². The maximum atomic E-state index is 8.57. The standard InChI is InChI=1S/C12H26O.C8H6S2/c1-2-3-4-5-6-7-8-9-10-11-12-13;1-3-7(9-5-1)8-4-2-6-10-8/h13H,2-12H2,1H3;1-6H. The van der Waals surface area contributed by atoms with Crippen molar-refractivity contribution in [2.45, 2.75) is 71.1 Å². The van der Waals surface area contributed by atoms with Gasteiger partial charge in [-0.1, -0.05) is 76.8 Å². The van der Waals surface area contributed by atoms with E-state index >= 15 is 0 Å². The average molecular weight is 353 g/mol. The lowest BCUT2D eigenvalue weighted by Crippen LogP contribution is -1.84. The molecule has 0 aliphatic heterocycles. The molecule has 0 radical (unpaired) electrons. The molecule has 23 heavy (non-hydrogen) atoms. The fraction of sp³-hybridized carbons (Fsp3) is 0.600. The van der Waals surface area contributed by atoms with Crippen LogP contribution in [0.25, 0.3) is 9.75 Å². The SMILES string of the molecule is CCCCCCCCCCCCO.c1csc(-c2cccs2)c1. The molecular weight excluding hydrogens is 320 g/mol. The highest BCUT2D eigenvalue weighted by molar-refractivity contribution is 7.20. The molecule has 1 N–H and O–H groups in total. The normalized spacial score (nSPS) is 10.3. The highest BCUT2D eigenvalue weighted by Gasteiger charge is 1.96. The van der Waals surface area contributed by atoms with Crippen molar-refractivity contribution < 1.29 is 5.11 Å². The predicted molar refractivity (Wildman–Crippen MR) is 107 cm³/mol. The third-order valence-electron chi connectivity index (χ3n) is 3.80. The van der Waals surface area contributed by atoms with E-state index in [0.717, 1.165) is 6.42 Å². The molecule has 130 valence electrons. The summed E-state index contributed by atoms with van der Waals surface area (Å²) in [5, 5.41) is 12.8. The van der Waals surface area contributed by atoms with Gasteiger partial charge in [0.1, 0.15) is 0 Å². The smallest absolute Gasteiger partial charge is 0.0442 e. The van der Waals surface area contributed by atoms with Crippen molar-refractivity contribution in [1.82, 2.24) is 0 Å². The van der Waals surface area contributed by atoms with Gasteiger partial charge in [0, 0.05) is 16.4 Å². The van der Waals surface area contributed by atoms with E-state index in [0.29, 0.717) is 6.61 Å². The predicted octanol–water partition coefficient (Wildman–Crippen LogP) is 7.38. The van der Waals surface area contributed by atoms with Crippen LogP contribution in [0.3, 0.4) is 0 Å². The second-order valence-electron chi connectivity index (χ2n) is 5.86. The van der Waals surface area contributed by atoms with Gasteiger partial charge in [-0.2, -0.15) is 0 Å². The van der Waals surface area contributed by atoms with E-state index in [-0.39, 0.29) is 0 Å². The molecule has 0 amide bonds. The van der Waals surface area contributed by atoms with Crippen LogP contribution in [-0.4, -0.2) is 11.7 Å². The first-order valence-corrected chi connectivity index (χ1v) is 10.8. The van der Waals surface area contributed by atoms with E-state index in [4.69, 9.17) is 5.11 Å². The van der Waals surface area contributed by atoms with Crippen LogP contribution in [0.5, 0.6) is 0 Å². The molecule has 0 unspecified atom stereocenters. The van der Waals surface area contributed by atoms with Crippen molar-refractivity contribution in [2.75, 3.05) is 6.61 Å². The Morgan fingerprint density at radius 3 is 1.48 bits per heavy atom. The van der Waals surface area contributed by atoms with Gasteiger partial charge in [0.25, 0.3) is 0 Å². The summed E-state index contributed by atoms with van der Waals surface area (Å²) in [6, 6.07) is 8.46. The van der Waals surface area contributed by atoms with E-state index < -0.39 is 0 Å². The zero-order chi connectivity index (χ0) is 16.6. The van der Waals surface area contributed by atoms with Crippen molar-refractivity contribution in [3.63, 3.8) is 0 Å². The molecule has 0 saturated heterocycles. The van der Waals surface area contributed by atoms with Crippen LogP contribution < -0.4 is 0 Å². The molecule has 2 heterocycles. The maximum Gasteiger partial charge on any atom is 0.0442 e. The van der Waals surface area contributed by atoms with Gasteiger partial charge < -0.3 is 5.11 Å². The molecule has 0 saturated carbocycles. The largest absolute Gasteiger partial charge is 0.396 e. The van der Waals surface area contributed by atoms with Gasteiger partial charge in [-0.15, -0.1) is 22.7 Å². The highest BCUT2D eigenvalue weighted by atomic mass is 32.1. The van der Waals surface area contributed by atoms with Crippen molar-refractivity contribution in [1.29, 1.82) is 0 Å². The van der Waals surface area contributed by atoms with Crippen LogP contribution in [-0.2, 0) is 0 Å². The van der Waals surface area contributed by atoms with Gasteiger partial charge >= 0.3 is 0 Å². The Labute approximate surface area is 150 Å². The van der Waals surface area contributed by atoms with Crippen molar-refractivity contribution in [3.05, 3.63) is 35.0 Å². The fourth-order valence-corrected chi connectivity index (χ4v) is 4.02. The number of aliphatic hydroxyl groups is 1. The molecular formula is C20H32OS2. The zero-order valence-corrected chi connectivity index (χ0v) is 16.1. The van der Waals surface area contributed by atoms with E-state index in [1.165, 1.54) is 67.5 Å². The Hall–Kier alpha value is -0.640. The number of thiophene rings is 2. The molecule has 0 aromatic carbocycles. The van der Waals surface area contributed by atoms with E-state index in [1.54, 1.807) is 22.7 Å². The van der Waals surface area contributed by atoms with Crippen LogP contribution in [0.2, 0.25) is 0 Å². The number of unbranched alkanes of at least 4 members (excludes halogenated alkanes) is 9. The zero-order valence-electron chi connectivity index (χ0n) is 14.5. The minimum Gasteiger partial charge on any atom is -0.396 e. The summed E-state index contributed by atoms with van der Waals surface area (Å²) in [6.45, 7) is 2.63. The molecule has 2 rings (SSSR count). The lowest BCUT2D eigenvalue weighted by Gasteiger charge is -2.00. The first-order chi connectivity index (χ1) is 11.4. The van der Waals surface area contributed by atoms with Crippen LogP contribution >= 0.6 is 22.7 Å². The average Bonchev–Trinajstić information content (AvgIpc) is 3.26. The number of hydrogen-bond donors (Lipinski definition) is 1. The Kier molecular flexibility index (Phi) is 13.2. The molecule has 2 aromatic rings. The molecule has 0 spiro atoms. The van der Waals surface area contributed by atoms with Crippen LogP contribution in [0.1, 0.15) is 71.1 Å². The van der Waals surface area contributed by atoms with Crippen molar-refractivity contribution >= 4 is 22.7 Å². The third-order valence-corrected chi connectivity index (χ3v) is 5.73. The number of rotatable bonds is 11. The van der Waals surface area contributed by atoms with Crippen LogP contribution in [0, 0.1) is 0 Å². The molecule has 1 nitrogen and oxygen atoms in total. The molecule has 0 atom stereocenters. The lowest BCUT2D eigenvalue weighted by atomic mass is 10.1. The van der Waals surface area contributed by atoms with Gasteiger partial charge in [-0.05, 0) is 29.3 Å². The molecule has 0 fully saturated rings. The van der Waals surface area contributed by atoms with Crippen molar-refractivity contribution in [3.8, 4) is 9.75 Å². The van der Waals surface area contributed by atoms with E-state index in [9.17, 15) is 0 Å². The van der Waals surface area contributed by atoms with Crippen molar-refractivity contribution in [2.24, 2.45) is 0 Å². The van der Waals surface area contributed by atoms with E-state index in [1.807, 2.05) is 0 Å². The first kappa shape index (κ1) is 20.4. The van der Waals surface area contributed by atoms with Crippen LogP contribution in [0.4, 0.5) is 0 Å². The van der Waals surface area contributed by atoms with Gasteiger partial charge in [-0.3, -0.25) is 0 Å². The quantitative estimate of drug-likeness (QED) is 0.418. The molecule has 0 aliphatic rings. The first-order valence-electron chi connectivity index (χ1n) is 9.06. The Morgan fingerprint density at radius 1 is 0.696 bits per heavy atom. The Bertz CT molecular complexity index is 392. The summed E-state index contributed by atoms with van der Waals surface area (Å²) in [5.41, 5.74) is 0. The molecule has 0 aliphatic carbocycles. The second kappa shape index (κ2) is 14.9.